The predicted octanol–water partition coefficient (Wildman–Crippen LogP) is 4.47. The van der Waals surface area contributed by atoms with E-state index >= 15 is 0 Å². The quantitative estimate of drug-likeness (QED) is 0.794. The number of benzene rings is 2. The molecule has 0 unspecified atom stereocenters. The average molecular weight is 325 g/mol. The number of aryl methyl sites for hydroxylation is 1. The summed E-state index contributed by atoms with van der Waals surface area (Å²) in [5.41, 5.74) is 2.69. The largest absolute Gasteiger partial charge is 0.341 e. The van der Waals surface area contributed by atoms with E-state index in [2.05, 4.69) is 31.2 Å². The van der Waals surface area contributed by atoms with Crippen molar-refractivity contribution in [3.63, 3.8) is 0 Å². The zero-order chi connectivity index (χ0) is 17.2. The van der Waals surface area contributed by atoms with Gasteiger partial charge in [-0.05, 0) is 48.1 Å². The molecule has 0 heterocycles. The van der Waals surface area contributed by atoms with Crippen molar-refractivity contribution in [1.82, 2.24) is 4.90 Å². The Morgan fingerprint density at radius 3 is 2.33 bits per heavy atom. The van der Waals surface area contributed by atoms with Gasteiger partial charge in [0.1, 0.15) is 5.82 Å². The van der Waals surface area contributed by atoms with Crippen LogP contribution in [-0.2, 0) is 23.2 Å². The van der Waals surface area contributed by atoms with Crippen LogP contribution in [0, 0.1) is 5.82 Å². The lowest BCUT2D eigenvalue weighted by molar-refractivity contribution is -0.140. The van der Waals surface area contributed by atoms with Crippen LogP contribution in [0.3, 0.4) is 0 Å². The third-order valence-electron chi connectivity index (χ3n) is 5.19. The highest BCUT2D eigenvalue weighted by molar-refractivity contribution is 5.89. The van der Waals surface area contributed by atoms with E-state index in [-0.39, 0.29) is 11.7 Å². The molecule has 0 radical (unpaired) electrons. The van der Waals surface area contributed by atoms with Crippen LogP contribution >= 0.6 is 0 Å². The SMILES string of the molecule is CCc1ccc(CN(C)C(=O)C2(c3cccc(F)c3)CCC2)cc1. The van der Waals surface area contributed by atoms with Crippen molar-refractivity contribution in [3.8, 4) is 0 Å². The van der Waals surface area contributed by atoms with Gasteiger partial charge in [0.2, 0.25) is 5.91 Å². The summed E-state index contributed by atoms with van der Waals surface area (Å²) in [6, 6.07) is 14.9. The number of carbonyl (C=O) groups excluding carboxylic acids is 1. The second kappa shape index (κ2) is 6.76. The monoisotopic (exact) mass is 325 g/mol. The van der Waals surface area contributed by atoms with Crippen LogP contribution < -0.4 is 0 Å². The lowest BCUT2D eigenvalue weighted by Gasteiger charge is -2.43. The Bertz CT molecular complexity index is 719. The molecular weight excluding hydrogens is 301 g/mol. The van der Waals surface area contributed by atoms with Crippen LogP contribution in [0.2, 0.25) is 0 Å². The van der Waals surface area contributed by atoms with Crippen molar-refractivity contribution in [2.24, 2.45) is 0 Å². The van der Waals surface area contributed by atoms with Crippen molar-refractivity contribution in [2.45, 2.75) is 44.6 Å². The number of hydrogen-bond donors (Lipinski definition) is 0. The molecule has 0 N–H and O–H groups in total. The first-order valence-electron chi connectivity index (χ1n) is 8.64. The molecule has 0 aliphatic heterocycles. The van der Waals surface area contributed by atoms with Crippen molar-refractivity contribution in [1.29, 1.82) is 0 Å². The molecule has 0 atom stereocenters. The molecule has 24 heavy (non-hydrogen) atoms. The minimum absolute atomic E-state index is 0.0962. The van der Waals surface area contributed by atoms with E-state index in [0.29, 0.717) is 6.54 Å². The highest BCUT2D eigenvalue weighted by Gasteiger charge is 2.47. The van der Waals surface area contributed by atoms with Gasteiger partial charge in [-0.2, -0.15) is 0 Å². The Morgan fingerprint density at radius 2 is 1.79 bits per heavy atom. The van der Waals surface area contributed by atoms with Gasteiger partial charge in [-0.1, -0.05) is 49.7 Å². The first kappa shape index (κ1) is 16.7. The lowest BCUT2D eigenvalue weighted by atomic mass is 9.63. The molecule has 1 aliphatic rings. The molecule has 2 aromatic rings. The fourth-order valence-electron chi connectivity index (χ4n) is 3.53. The van der Waals surface area contributed by atoms with Gasteiger partial charge < -0.3 is 4.90 Å². The van der Waals surface area contributed by atoms with Gasteiger partial charge in [0.25, 0.3) is 0 Å². The lowest BCUT2D eigenvalue weighted by Crippen LogP contribution is -2.49. The molecule has 0 aromatic heterocycles. The Labute approximate surface area is 143 Å². The van der Waals surface area contributed by atoms with E-state index in [1.165, 1.54) is 17.7 Å². The van der Waals surface area contributed by atoms with Crippen LogP contribution in [0.5, 0.6) is 0 Å². The molecule has 3 heteroatoms. The smallest absolute Gasteiger partial charge is 0.233 e. The summed E-state index contributed by atoms with van der Waals surface area (Å²) in [4.78, 5) is 14.9. The number of hydrogen-bond acceptors (Lipinski definition) is 1. The number of rotatable bonds is 5. The zero-order valence-electron chi connectivity index (χ0n) is 14.4. The topological polar surface area (TPSA) is 20.3 Å². The summed E-state index contributed by atoms with van der Waals surface area (Å²) in [7, 11) is 1.84. The van der Waals surface area contributed by atoms with E-state index in [4.69, 9.17) is 0 Å². The van der Waals surface area contributed by atoms with E-state index in [1.807, 2.05) is 13.1 Å². The van der Waals surface area contributed by atoms with Crippen LogP contribution in [-0.4, -0.2) is 17.9 Å². The van der Waals surface area contributed by atoms with Crippen molar-refractivity contribution >= 4 is 5.91 Å². The molecule has 0 bridgehead atoms. The molecule has 3 rings (SSSR count). The maximum Gasteiger partial charge on any atom is 0.233 e. The van der Waals surface area contributed by atoms with Crippen molar-refractivity contribution in [3.05, 3.63) is 71.0 Å². The van der Waals surface area contributed by atoms with Gasteiger partial charge in [-0.25, -0.2) is 4.39 Å². The number of likely N-dealkylation sites (N-methyl/N-ethyl adjacent to an activating group) is 1. The fraction of sp³-hybridized carbons (Fsp3) is 0.381. The zero-order valence-corrected chi connectivity index (χ0v) is 14.4. The molecule has 0 spiro atoms. The van der Waals surface area contributed by atoms with Gasteiger partial charge in [0.15, 0.2) is 0 Å². The van der Waals surface area contributed by atoms with Crippen LogP contribution in [0.1, 0.15) is 42.9 Å². The van der Waals surface area contributed by atoms with E-state index in [9.17, 15) is 9.18 Å². The molecule has 1 aliphatic carbocycles. The standard InChI is InChI=1S/C21H24FNO/c1-3-16-8-10-17(11-9-16)15-23(2)20(24)21(12-5-13-21)18-6-4-7-19(22)14-18/h4,6-11,14H,3,5,12-13,15H2,1-2H3. The second-order valence-electron chi connectivity index (χ2n) is 6.78. The third-order valence-corrected chi connectivity index (χ3v) is 5.19. The molecular formula is C21H24FNO. The van der Waals surface area contributed by atoms with Gasteiger partial charge in [0, 0.05) is 13.6 Å². The van der Waals surface area contributed by atoms with Crippen LogP contribution in [0.4, 0.5) is 4.39 Å². The highest BCUT2D eigenvalue weighted by atomic mass is 19.1. The molecule has 1 saturated carbocycles. The summed E-state index contributed by atoms with van der Waals surface area (Å²) in [6.07, 6.45) is 3.63. The van der Waals surface area contributed by atoms with Crippen molar-refractivity contribution in [2.75, 3.05) is 7.05 Å². The second-order valence-corrected chi connectivity index (χ2v) is 6.78. The van der Waals surface area contributed by atoms with E-state index in [0.717, 1.165) is 36.8 Å². The number of carbonyl (C=O) groups is 1. The van der Waals surface area contributed by atoms with E-state index < -0.39 is 5.41 Å². The molecule has 126 valence electrons. The summed E-state index contributed by atoms with van der Waals surface area (Å²) < 4.78 is 13.6. The Kier molecular flexibility index (Phi) is 4.70. The summed E-state index contributed by atoms with van der Waals surface area (Å²) in [5.74, 6) is -0.177. The molecule has 1 amide bonds. The molecule has 2 aromatic carbocycles. The number of nitrogens with zero attached hydrogens (tertiary/aromatic N) is 1. The normalized spacial score (nSPS) is 15.6. The van der Waals surface area contributed by atoms with Gasteiger partial charge in [0.05, 0.1) is 5.41 Å². The molecule has 0 saturated heterocycles. The Morgan fingerprint density at radius 1 is 1.12 bits per heavy atom. The predicted molar refractivity (Wildman–Crippen MR) is 94.2 cm³/mol. The van der Waals surface area contributed by atoms with Gasteiger partial charge in [-0.3, -0.25) is 4.79 Å². The molecule has 1 fully saturated rings. The van der Waals surface area contributed by atoms with Crippen LogP contribution in [0.15, 0.2) is 48.5 Å². The number of amides is 1. The average Bonchev–Trinajstić information content (AvgIpc) is 2.54. The van der Waals surface area contributed by atoms with E-state index in [1.54, 1.807) is 11.0 Å². The summed E-state index contributed by atoms with van der Waals surface area (Å²) in [6.45, 7) is 2.71. The first-order chi connectivity index (χ1) is 11.5. The minimum Gasteiger partial charge on any atom is -0.341 e. The van der Waals surface area contributed by atoms with Gasteiger partial charge in [-0.15, -0.1) is 0 Å². The maximum atomic E-state index is 13.6. The summed E-state index contributed by atoms with van der Waals surface area (Å²) in [5, 5.41) is 0. The maximum absolute atomic E-state index is 13.6. The fourth-order valence-corrected chi connectivity index (χ4v) is 3.53. The molecule has 2 nitrogen and oxygen atoms in total. The Balaban J connectivity index is 1.78. The number of halogens is 1. The first-order valence-corrected chi connectivity index (χ1v) is 8.64. The highest BCUT2D eigenvalue weighted by Crippen LogP contribution is 2.45. The minimum atomic E-state index is -0.541. The van der Waals surface area contributed by atoms with Crippen molar-refractivity contribution < 1.29 is 9.18 Å². The summed E-state index contributed by atoms with van der Waals surface area (Å²) >= 11 is 0. The third kappa shape index (κ3) is 3.08. The Hall–Kier alpha value is -2.16. The van der Waals surface area contributed by atoms with Gasteiger partial charge >= 0.3 is 0 Å². The van der Waals surface area contributed by atoms with Crippen LogP contribution in [0.25, 0.3) is 0 Å².